The lowest BCUT2D eigenvalue weighted by molar-refractivity contribution is 0.263. The SMILES string of the molecule is COc1cc(-c2nncn2C)ccc1C1(N)N=Cc2cc(C)nc(NC3CCN(C)CC3)c2N1. The van der Waals surface area contributed by atoms with E-state index in [1.807, 2.05) is 49.0 Å². The van der Waals surface area contributed by atoms with Gasteiger partial charge in [0.05, 0.1) is 18.4 Å². The number of aryl methyl sites for hydroxylation is 2. The predicted molar refractivity (Wildman–Crippen MR) is 133 cm³/mol. The second-order valence-electron chi connectivity index (χ2n) is 9.13. The zero-order valence-electron chi connectivity index (χ0n) is 20.0. The number of anilines is 2. The Hall–Kier alpha value is -3.50. The summed E-state index contributed by atoms with van der Waals surface area (Å²) in [6.45, 7) is 4.12. The van der Waals surface area contributed by atoms with E-state index in [1.54, 1.807) is 13.4 Å². The first-order valence-electron chi connectivity index (χ1n) is 11.5. The van der Waals surface area contributed by atoms with Crippen LogP contribution in [0.1, 0.15) is 29.7 Å². The minimum atomic E-state index is -1.21. The quantitative estimate of drug-likeness (QED) is 0.530. The first kappa shape index (κ1) is 22.3. The van der Waals surface area contributed by atoms with Gasteiger partial charge in [-0.05, 0) is 58.1 Å². The fourth-order valence-corrected chi connectivity index (χ4v) is 4.60. The van der Waals surface area contributed by atoms with Crippen molar-refractivity contribution in [2.24, 2.45) is 17.8 Å². The van der Waals surface area contributed by atoms with Crippen molar-refractivity contribution in [2.75, 3.05) is 37.9 Å². The third kappa shape index (κ3) is 4.10. The van der Waals surface area contributed by atoms with E-state index in [2.05, 4.69) is 32.8 Å². The van der Waals surface area contributed by atoms with E-state index in [4.69, 9.17) is 20.4 Å². The zero-order chi connectivity index (χ0) is 23.9. The number of rotatable bonds is 5. The molecule has 2 aromatic heterocycles. The summed E-state index contributed by atoms with van der Waals surface area (Å²) in [5, 5.41) is 15.3. The Morgan fingerprint density at radius 2 is 2.00 bits per heavy atom. The first-order chi connectivity index (χ1) is 16.4. The Kier molecular flexibility index (Phi) is 5.70. The summed E-state index contributed by atoms with van der Waals surface area (Å²) in [6, 6.07) is 8.16. The molecule has 5 rings (SSSR count). The van der Waals surface area contributed by atoms with Gasteiger partial charge < -0.3 is 24.8 Å². The molecule has 2 aliphatic heterocycles. The molecule has 1 fully saturated rings. The molecule has 0 radical (unpaired) electrons. The van der Waals surface area contributed by atoms with Crippen molar-refractivity contribution < 1.29 is 4.74 Å². The van der Waals surface area contributed by atoms with E-state index in [0.29, 0.717) is 17.4 Å². The lowest BCUT2D eigenvalue weighted by atomic mass is 10.0. The number of aromatic nitrogens is 4. The number of hydrogen-bond donors (Lipinski definition) is 3. The van der Waals surface area contributed by atoms with Crippen LogP contribution in [0.15, 0.2) is 35.6 Å². The van der Waals surface area contributed by atoms with Gasteiger partial charge in [-0.25, -0.2) is 9.98 Å². The normalized spacial score (nSPS) is 20.6. The Morgan fingerprint density at radius 1 is 1.21 bits per heavy atom. The van der Waals surface area contributed by atoms with Crippen LogP contribution in [0.4, 0.5) is 11.5 Å². The maximum absolute atomic E-state index is 6.84. The Bertz CT molecular complexity index is 1230. The molecule has 34 heavy (non-hydrogen) atoms. The van der Waals surface area contributed by atoms with Crippen molar-refractivity contribution in [2.45, 2.75) is 31.6 Å². The highest BCUT2D eigenvalue weighted by atomic mass is 16.5. The molecular formula is C24H31N9O. The number of nitrogens with two attached hydrogens (primary N) is 1. The molecule has 2 aliphatic rings. The van der Waals surface area contributed by atoms with Crippen molar-refractivity contribution >= 4 is 17.7 Å². The van der Waals surface area contributed by atoms with Crippen molar-refractivity contribution in [1.82, 2.24) is 24.6 Å². The minimum absolute atomic E-state index is 0.364. The number of aliphatic imine (C=N–C) groups is 1. The first-order valence-corrected chi connectivity index (χ1v) is 11.5. The second-order valence-corrected chi connectivity index (χ2v) is 9.13. The summed E-state index contributed by atoms with van der Waals surface area (Å²) in [5.74, 6) is 0.948. The van der Waals surface area contributed by atoms with E-state index in [-0.39, 0.29) is 0 Å². The van der Waals surface area contributed by atoms with Crippen LogP contribution in [0.2, 0.25) is 0 Å². The van der Waals surface area contributed by atoms with Crippen LogP contribution in [-0.2, 0) is 12.8 Å². The van der Waals surface area contributed by atoms with Crippen molar-refractivity contribution in [3.63, 3.8) is 0 Å². The monoisotopic (exact) mass is 461 g/mol. The van der Waals surface area contributed by atoms with E-state index < -0.39 is 5.79 Å². The van der Waals surface area contributed by atoms with Gasteiger partial charge in [0, 0.05) is 36.1 Å². The number of pyridine rings is 1. The number of ether oxygens (including phenoxy) is 1. The Morgan fingerprint density at radius 3 is 2.71 bits per heavy atom. The smallest absolute Gasteiger partial charge is 0.212 e. The Balaban J connectivity index is 1.48. The van der Waals surface area contributed by atoms with Crippen LogP contribution in [0.25, 0.3) is 11.4 Å². The molecule has 1 unspecified atom stereocenters. The van der Waals surface area contributed by atoms with Crippen LogP contribution in [0.5, 0.6) is 5.75 Å². The minimum Gasteiger partial charge on any atom is -0.496 e. The molecule has 4 N–H and O–H groups in total. The maximum Gasteiger partial charge on any atom is 0.212 e. The topological polar surface area (TPSA) is 119 Å². The lowest BCUT2D eigenvalue weighted by Gasteiger charge is -2.35. The van der Waals surface area contributed by atoms with Crippen LogP contribution in [-0.4, -0.2) is 64.2 Å². The fraction of sp³-hybridized carbons (Fsp3) is 0.417. The molecular weight excluding hydrogens is 430 g/mol. The second kappa shape index (κ2) is 8.69. The average Bonchev–Trinajstić information content (AvgIpc) is 3.26. The summed E-state index contributed by atoms with van der Waals surface area (Å²) in [6.07, 6.45) is 5.62. The molecule has 10 nitrogen and oxygen atoms in total. The van der Waals surface area contributed by atoms with Crippen LogP contribution in [0, 0.1) is 6.92 Å². The number of nitrogens with one attached hydrogen (secondary N) is 2. The molecule has 0 spiro atoms. The molecule has 1 atom stereocenters. The number of nitrogens with zero attached hydrogens (tertiary/aromatic N) is 6. The number of hydrogen-bond acceptors (Lipinski definition) is 9. The summed E-state index contributed by atoms with van der Waals surface area (Å²) >= 11 is 0. The fourth-order valence-electron chi connectivity index (χ4n) is 4.60. The van der Waals surface area contributed by atoms with Crippen molar-refractivity contribution in [3.05, 3.63) is 47.4 Å². The van der Waals surface area contributed by atoms with Gasteiger partial charge in [-0.15, -0.1) is 10.2 Å². The van der Waals surface area contributed by atoms with Crippen molar-refractivity contribution in [3.8, 4) is 17.1 Å². The molecule has 1 aromatic carbocycles. The number of benzene rings is 1. The molecule has 0 bridgehead atoms. The van der Waals surface area contributed by atoms with Gasteiger partial charge in [0.15, 0.2) is 11.6 Å². The van der Waals surface area contributed by atoms with Gasteiger partial charge >= 0.3 is 0 Å². The summed E-state index contributed by atoms with van der Waals surface area (Å²) in [7, 11) is 5.69. The van der Waals surface area contributed by atoms with E-state index >= 15 is 0 Å². The maximum atomic E-state index is 6.84. The third-order valence-corrected chi connectivity index (χ3v) is 6.54. The molecule has 4 heterocycles. The highest BCUT2D eigenvalue weighted by Crippen LogP contribution is 2.39. The van der Waals surface area contributed by atoms with Crippen LogP contribution < -0.4 is 21.1 Å². The van der Waals surface area contributed by atoms with Gasteiger partial charge in [0.2, 0.25) is 5.79 Å². The number of likely N-dealkylation sites (tertiary alicyclic amines) is 1. The number of fused-ring (bicyclic) bond motifs is 1. The summed E-state index contributed by atoms with van der Waals surface area (Å²) in [4.78, 5) is 11.9. The molecule has 0 aliphatic carbocycles. The van der Waals surface area contributed by atoms with E-state index in [0.717, 1.165) is 60.1 Å². The molecule has 0 saturated carbocycles. The average molecular weight is 462 g/mol. The third-order valence-electron chi connectivity index (χ3n) is 6.54. The van der Waals surface area contributed by atoms with E-state index in [1.165, 1.54) is 0 Å². The van der Waals surface area contributed by atoms with Crippen molar-refractivity contribution in [1.29, 1.82) is 0 Å². The summed E-state index contributed by atoms with van der Waals surface area (Å²) < 4.78 is 7.58. The molecule has 178 valence electrons. The highest BCUT2D eigenvalue weighted by molar-refractivity contribution is 5.94. The predicted octanol–water partition coefficient (Wildman–Crippen LogP) is 2.31. The largest absolute Gasteiger partial charge is 0.496 e. The zero-order valence-corrected chi connectivity index (χ0v) is 20.0. The van der Waals surface area contributed by atoms with E-state index in [9.17, 15) is 0 Å². The number of piperidine rings is 1. The summed E-state index contributed by atoms with van der Waals surface area (Å²) in [5.41, 5.74) is 11.2. The van der Waals surface area contributed by atoms with Crippen LogP contribution >= 0.6 is 0 Å². The molecule has 0 amide bonds. The highest BCUT2D eigenvalue weighted by Gasteiger charge is 2.35. The Labute approximate surface area is 199 Å². The standard InChI is InChI=1S/C24H31N9O/c1-15-11-17-13-26-24(25,30-21(17)22(28-15)29-18-7-9-32(2)10-8-18)19-6-5-16(12-20(19)34-4)23-31-27-14-33(23)3/h5-6,11-14,18,30H,7-10,25H2,1-4H3,(H,28,29). The molecule has 10 heteroatoms. The van der Waals surface area contributed by atoms with Gasteiger partial charge in [0.1, 0.15) is 12.1 Å². The van der Waals surface area contributed by atoms with Gasteiger partial charge in [-0.1, -0.05) is 6.07 Å². The van der Waals surface area contributed by atoms with Gasteiger partial charge in [-0.3, -0.25) is 5.73 Å². The van der Waals surface area contributed by atoms with Crippen LogP contribution in [0.3, 0.4) is 0 Å². The molecule has 1 saturated heterocycles. The molecule has 3 aromatic rings. The van der Waals surface area contributed by atoms with Gasteiger partial charge in [0.25, 0.3) is 0 Å². The number of methoxy groups -OCH3 is 1. The van der Waals surface area contributed by atoms with Gasteiger partial charge in [-0.2, -0.15) is 0 Å². The lowest BCUT2D eigenvalue weighted by Crippen LogP contribution is -2.45.